The molecule has 0 fully saturated rings. The summed E-state index contributed by atoms with van der Waals surface area (Å²) in [4.78, 5) is 24.4. The molecule has 0 aliphatic heterocycles. The summed E-state index contributed by atoms with van der Waals surface area (Å²) >= 11 is 3.52. The molecule has 0 aromatic heterocycles. The van der Waals surface area contributed by atoms with Crippen molar-refractivity contribution < 1.29 is 14.3 Å². The summed E-state index contributed by atoms with van der Waals surface area (Å²) < 4.78 is 6.38. The highest BCUT2D eigenvalue weighted by Gasteiger charge is 2.11. The Balaban J connectivity index is 1.31. The third kappa shape index (κ3) is 4.92. The van der Waals surface area contributed by atoms with Gasteiger partial charge in [-0.3, -0.25) is 20.4 Å². The standard InChI is InChI=1S/C25H19BrN2O3/c26-24-21-9-5-4-8-19(21)14-15-22(24)31-16-23(29)27-28-25(30)20-12-10-18(11-13-20)17-6-2-1-3-7-17/h1-15H,16H2,(H,27,29)(H,28,30). The van der Waals surface area contributed by atoms with E-state index in [1.807, 2.05) is 72.8 Å². The van der Waals surface area contributed by atoms with Crippen molar-refractivity contribution in [2.75, 3.05) is 6.61 Å². The molecule has 0 bridgehead atoms. The summed E-state index contributed by atoms with van der Waals surface area (Å²) in [7, 11) is 0. The molecule has 4 aromatic carbocycles. The van der Waals surface area contributed by atoms with Crippen LogP contribution in [0.3, 0.4) is 0 Å². The number of hydrazine groups is 1. The van der Waals surface area contributed by atoms with E-state index in [4.69, 9.17) is 4.74 Å². The zero-order chi connectivity index (χ0) is 21.6. The van der Waals surface area contributed by atoms with Crippen LogP contribution in [0.4, 0.5) is 0 Å². The summed E-state index contributed by atoms with van der Waals surface area (Å²) in [5, 5.41) is 2.06. The number of halogens is 1. The molecule has 0 atom stereocenters. The van der Waals surface area contributed by atoms with Crippen molar-refractivity contribution in [1.82, 2.24) is 10.9 Å². The van der Waals surface area contributed by atoms with Crippen LogP contribution in [0, 0.1) is 0 Å². The lowest BCUT2D eigenvalue weighted by atomic mass is 10.0. The molecule has 0 aliphatic carbocycles. The predicted octanol–water partition coefficient (Wildman–Crippen LogP) is 5.11. The number of benzene rings is 4. The summed E-state index contributed by atoms with van der Waals surface area (Å²) in [5.74, 6) is -0.314. The molecule has 31 heavy (non-hydrogen) atoms. The number of carbonyl (C=O) groups is 2. The van der Waals surface area contributed by atoms with Crippen LogP contribution in [0.15, 0.2) is 95.5 Å². The van der Waals surface area contributed by atoms with Gasteiger partial charge in [-0.1, -0.05) is 72.8 Å². The minimum absolute atomic E-state index is 0.232. The highest BCUT2D eigenvalue weighted by molar-refractivity contribution is 9.10. The predicted molar refractivity (Wildman–Crippen MR) is 125 cm³/mol. The molecule has 5 nitrogen and oxygen atoms in total. The molecule has 0 aliphatic rings. The van der Waals surface area contributed by atoms with Crippen LogP contribution in [0.2, 0.25) is 0 Å². The number of amides is 2. The van der Waals surface area contributed by atoms with Crippen molar-refractivity contribution in [1.29, 1.82) is 0 Å². The van der Waals surface area contributed by atoms with E-state index in [-0.39, 0.29) is 6.61 Å². The fourth-order valence-electron chi connectivity index (χ4n) is 3.15. The third-order valence-electron chi connectivity index (χ3n) is 4.76. The van der Waals surface area contributed by atoms with Crippen molar-refractivity contribution in [3.8, 4) is 16.9 Å². The molecular formula is C25H19BrN2O3. The number of ether oxygens (including phenoxy) is 1. The molecule has 0 unspecified atom stereocenters. The Labute approximate surface area is 188 Å². The van der Waals surface area contributed by atoms with Gasteiger partial charge in [0.2, 0.25) is 0 Å². The Kier molecular flexibility index (Phi) is 6.29. The summed E-state index contributed by atoms with van der Waals surface area (Å²) in [6, 6.07) is 28.6. The lowest BCUT2D eigenvalue weighted by Crippen LogP contribution is -2.43. The second-order valence-electron chi connectivity index (χ2n) is 6.83. The number of nitrogens with one attached hydrogen (secondary N) is 2. The number of fused-ring (bicyclic) bond motifs is 1. The highest BCUT2D eigenvalue weighted by atomic mass is 79.9. The average Bonchev–Trinajstić information content (AvgIpc) is 2.83. The van der Waals surface area contributed by atoms with Crippen molar-refractivity contribution in [2.45, 2.75) is 0 Å². The average molecular weight is 475 g/mol. The van der Waals surface area contributed by atoms with Gasteiger partial charge < -0.3 is 4.74 Å². The maximum Gasteiger partial charge on any atom is 0.276 e. The minimum atomic E-state index is -0.464. The van der Waals surface area contributed by atoms with Gasteiger partial charge in [-0.05, 0) is 56.0 Å². The SMILES string of the molecule is O=C(COc1ccc2ccccc2c1Br)NNC(=O)c1ccc(-c2ccccc2)cc1. The normalized spacial score (nSPS) is 10.5. The first-order valence-corrected chi connectivity index (χ1v) is 10.5. The first kappa shape index (κ1) is 20.6. The third-order valence-corrected chi connectivity index (χ3v) is 5.57. The van der Waals surface area contributed by atoms with Crippen LogP contribution in [-0.2, 0) is 4.79 Å². The first-order chi connectivity index (χ1) is 15.1. The second-order valence-corrected chi connectivity index (χ2v) is 7.63. The van der Waals surface area contributed by atoms with Crippen LogP contribution in [0.1, 0.15) is 10.4 Å². The fourth-order valence-corrected chi connectivity index (χ4v) is 3.76. The molecule has 0 saturated heterocycles. The molecule has 2 amide bonds. The Morgan fingerprint density at radius 1 is 0.742 bits per heavy atom. The van der Waals surface area contributed by atoms with E-state index >= 15 is 0 Å². The fraction of sp³-hybridized carbons (Fsp3) is 0.0400. The van der Waals surface area contributed by atoms with Gasteiger partial charge in [0, 0.05) is 5.56 Å². The van der Waals surface area contributed by atoms with Crippen LogP contribution >= 0.6 is 15.9 Å². The van der Waals surface area contributed by atoms with Gasteiger partial charge in [-0.2, -0.15) is 0 Å². The number of hydrogen-bond acceptors (Lipinski definition) is 3. The minimum Gasteiger partial charge on any atom is -0.483 e. The molecule has 0 saturated carbocycles. The Morgan fingerprint density at radius 3 is 2.19 bits per heavy atom. The quantitative estimate of drug-likeness (QED) is 0.395. The van der Waals surface area contributed by atoms with Gasteiger partial charge >= 0.3 is 0 Å². The summed E-state index contributed by atoms with van der Waals surface area (Å²) in [5.41, 5.74) is 7.31. The van der Waals surface area contributed by atoms with Crippen molar-refractivity contribution in [2.24, 2.45) is 0 Å². The smallest absolute Gasteiger partial charge is 0.276 e. The molecule has 2 N–H and O–H groups in total. The van der Waals surface area contributed by atoms with Crippen LogP contribution < -0.4 is 15.6 Å². The summed E-state index contributed by atoms with van der Waals surface area (Å²) in [6.45, 7) is -0.232. The van der Waals surface area contributed by atoms with Gasteiger partial charge in [-0.25, -0.2) is 0 Å². The van der Waals surface area contributed by atoms with Gasteiger partial charge in [0.25, 0.3) is 11.8 Å². The Hall–Kier alpha value is -3.64. The zero-order valence-electron chi connectivity index (χ0n) is 16.5. The van der Waals surface area contributed by atoms with Crippen molar-refractivity contribution >= 4 is 38.5 Å². The maximum absolute atomic E-state index is 12.3. The lowest BCUT2D eigenvalue weighted by Gasteiger charge is -2.11. The van der Waals surface area contributed by atoms with Crippen molar-refractivity contribution in [3.63, 3.8) is 0 Å². The molecule has 154 valence electrons. The Bertz CT molecular complexity index is 1220. The highest BCUT2D eigenvalue weighted by Crippen LogP contribution is 2.32. The molecule has 0 heterocycles. The van der Waals surface area contributed by atoms with Gasteiger partial charge in [0.1, 0.15) is 5.75 Å². The van der Waals surface area contributed by atoms with E-state index in [0.717, 1.165) is 26.4 Å². The van der Waals surface area contributed by atoms with E-state index in [1.54, 1.807) is 18.2 Å². The monoisotopic (exact) mass is 474 g/mol. The van der Waals surface area contributed by atoms with Crippen LogP contribution in [-0.4, -0.2) is 18.4 Å². The zero-order valence-corrected chi connectivity index (χ0v) is 18.1. The van der Waals surface area contributed by atoms with E-state index in [2.05, 4.69) is 26.8 Å². The number of carbonyl (C=O) groups excluding carboxylic acids is 2. The van der Waals surface area contributed by atoms with Gasteiger partial charge in [0.15, 0.2) is 6.61 Å². The van der Waals surface area contributed by atoms with Crippen LogP contribution in [0.5, 0.6) is 5.75 Å². The van der Waals surface area contributed by atoms with Gasteiger partial charge in [-0.15, -0.1) is 0 Å². The van der Waals surface area contributed by atoms with Crippen molar-refractivity contribution in [3.05, 3.63) is 101 Å². The van der Waals surface area contributed by atoms with E-state index in [0.29, 0.717) is 11.3 Å². The molecule has 6 heteroatoms. The maximum atomic E-state index is 12.3. The molecular weight excluding hydrogens is 456 g/mol. The first-order valence-electron chi connectivity index (χ1n) is 9.66. The topological polar surface area (TPSA) is 67.4 Å². The second kappa shape index (κ2) is 9.45. The van der Waals surface area contributed by atoms with E-state index in [9.17, 15) is 9.59 Å². The van der Waals surface area contributed by atoms with Crippen LogP contribution in [0.25, 0.3) is 21.9 Å². The Morgan fingerprint density at radius 2 is 1.42 bits per heavy atom. The number of hydrogen-bond donors (Lipinski definition) is 2. The molecule has 0 spiro atoms. The van der Waals surface area contributed by atoms with Gasteiger partial charge in [0.05, 0.1) is 4.47 Å². The molecule has 4 rings (SSSR count). The molecule has 4 aromatic rings. The van der Waals surface area contributed by atoms with E-state index in [1.165, 1.54) is 0 Å². The number of rotatable bonds is 5. The van der Waals surface area contributed by atoms with E-state index < -0.39 is 11.8 Å². The summed E-state index contributed by atoms with van der Waals surface area (Å²) in [6.07, 6.45) is 0. The lowest BCUT2D eigenvalue weighted by molar-refractivity contribution is -0.123. The largest absolute Gasteiger partial charge is 0.483 e. The molecule has 0 radical (unpaired) electrons.